The predicted molar refractivity (Wildman–Crippen MR) is 138 cm³/mol. The molecule has 1 saturated heterocycles. The van der Waals surface area contributed by atoms with E-state index in [9.17, 15) is 18.7 Å². The Morgan fingerprint density at radius 3 is 2.63 bits per heavy atom. The molecule has 6 rings (SSSR count). The average Bonchev–Trinajstić information content (AvgIpc) is 3.29. The average molecular weight is 522 g/mol. The second-order valence-electron chi connectivity index (χ2n) is 10.6. The molecular formula is C29H29F2N3O4. The number of carboxylic acids is 1. The monoisotopic (exact) mass is 521 g/mol. The largest absolute Gasteiger partial charge is 0.481 e. The van der Waals surface area contributed by atoms with E-state index in [1.807, 2.05) is 30.7 Å². The van der Waals surface area contributed by atoms with Gasteiger partial charge in [0.15, 0.2) is 17.9 Å². The molecular weight excluding hydrogens is 492 g/mol. The number of halogens is 2. The Kier molecular flexibility index (Phi) is 6.26. The summed E-state index contributed by atoms with van der Waals surface area (Å²) in [5.74, 6) is -2.73. The zero-order chi connectivity index (χ0) is 26.6. The van der Waals surface area contributed by atoms with E-state index in [2.05, 4.69) is 5.10 Å². The van der Waals surface area contributed by atoms with Crippen molar-refractivity contribution in [1.82, 2.24) is 14.8 Å². The fourth-order valence-electron chi connectivity index (χ4n) is 5.47. The lowest BCUT2D eigenvalue weighted by atomic mass is 9.82. The highest BCUT2D eigenvalue weighted by Crippen LogP contribution is 2.43. The van der Waals surface area contributed by atoms with Crippen molar-refractivity contribution in [3.8, 4) is 17.0 Å². The number of aliphatic carboxylic acids is 1. The zero-order valence-corrected chi connectivity index (χ0v) is 21.3. The first-order valence-corrected chi connectivity index (χ1v) is 13.1. The number of carbonyl (C=O) groups is 1. The van der Waals surface area contributed by atoms with Crippen molar-refractivity contribution in [3.63, 3.8) is 0 Å². The summed E-state index contributed by atoms with van der Waals surface area (Å²) in [6.07, 6.45) is 5.13. The number of nitrogens with zero attached hydrogens (tertiary/aromatic N) is 3. The van der Waals surface area contributed by atoms with Crippen molar-refractivity contribution in [2.24, 2.45) is 5.92 Å². The molecule has 0 amide bonds. The van der Waals surface area contributed by atoms with E-state index in [1.54, 1.807) is 12.3 Å². The van der Waals surface area contributed by atoms with Gasteiger partial charge in [0.1, 0.15) is 6.10 Å². The summed E-state index contributed by atoms with van der Waals surface area (Å²) >= 11 is 0. The SMILES string of the molecule is CC(C)c1nc(O[C@H]2C[C@H](C(=O)O)C2)c2cc3c(cnn3C3CCCCO3)cc2c1-c1ccc(F)c(F)c1. The van der Waals surface area contributed by atoms with Crippen LogP contribution in [0.4, 0.5) is 8.78 Å². The van der Waals surface area contributed by atoms with Crippen LogP contribution in [0.3, 0.4) is 0 Å². The van der Waals surface area contributed by atoms with Crippen LogP contribution in [0.2, 0.25) is 0 Å². The summed E-state index contributed by atoms with van der Waals surface area (Å²) in [5.41, 5.74) is 2.78. The van der Waals surface area contributed by atoms with E-state index in [0.717, 1.165) is 41.6 Å². The Morgan fingerprint density at radius 1 is 1.13 bits per heavy atom. The number of hydrogen-bond acceptors (Lipinski definition) is 5. The van der Waals surface area contributed by atoms with Gasteiger partial charge >= 0.3 is 5.97 Å². The molecule has 38 heavy (non-hydrogen) atoms. The number of ether oxygens (including phenoxy) is 2. The van der Waals surface area contributed by atoms with Gasteiger partial charge in [-0.05, 0) is 73.2 Å². The lowest BCUT2D eigenvalue weighted by Gasteiger charge is -2.32. The van der Waals surface area contributed by atoms with Gasteiger partial charge in [0.2, 0.25) is 5.88 Å². The lowest BCUT2D eigenvalue weighted by Crippen LogP contribution is -2.38. The maximum absolute atomic E-state index is 14.4. The van der Waals surface area contributed by atoms with E-state index in [0.29, 0.717) is 47.5 Å². The first-order valence-electron chi connectivity index (χ1n) is 13.1. The van der Waals surface area contributed by atoms with Gasteiger partial charge in [-0.2, -0.15) is 5.10 Å². The smallest absolute Gasteiger partial charge is 0.306 e. The summed E-state index contributed by atoms with van der Waals surface area (Å²) in [6, 6.07) is 7.86. The van der Waals surface area contributed by atoms with Crippen molar-refractivity contribution in [2.45, 2.75) is 64.2 Å². The molecule has 7 nitrogen and oxygen atoms in total. The molecule has 1 aliphatic carbocycles. The lowest BCUT2D eigenvalue weighted by molar-refractivity contribution is -0.148. The Hall–Kier alpha value is -3.59. The van der Waals surface area contributed by atoms with Crippen LogP contribution in [-0.2, 0) is 9.53 Å². The molecule has 198 valence electrons. The molecule has 0 radical (unpaired) electrons. The van der Waals surface area contributed by atoms with E-state index in [-0.39, 0.29) is 18.2 Å². The van der Waals surface area contributed by atoms with Gasteiger partial charge in [-0.15, -0.1) is 0 Å². The van der Waals surface area contributed by atoms with Crippen LogP contribution in [0.25, 0.3) is 32.8 Å². The summed E-state index contributed by atoms with van der Waals surface area (Å²) < 4.78 is 42.4. The van der Waals surface area contributed by atoms with Crippen molar-refractivity contribution in [2.75, 3.05) is 6.61 Å². The summed E-state index contributed by atoms with van der Waals surface area (Å²) in [4.78, 5) is 16.3. The highest BCUT2D eigenvalue weighted by molar-refractivity contribution is 6.06. The van der Waals surface area contributed by atoms with Gasteiger partial charge < -0.3 is 14.6 Å². The molecule has 0 bridgehead atoms. The molecule has 9 heteroatoms. The molecule has 2 fully saturated rings. The maximum atomic E-state index is 14.4. The first kappa shape index (κ1) is 24.7. The minimum atomic E-state index is -0.928. The van der Waals surface area contributed by atoms with E-state index < -0.39 is 23.5 Å². The van der Waals surface area contributed by atoms with Gasteiger partial charge in [-0.3, -0.25) is 4.79 Å². The molecule has 1 atom stereocenters. The summed E-state index contributed by atoms with van der Waals surface area (Å²) in [6.45, 7) is 4.66. The van der Waals surface area contributed by atoms with Crippen molar-refractivity contribution in [3.05, 3.63) is 53.9 Å². The van der Waals surface area contributed by atoms with Crippen molar-refractivity contribution in [1.29, 1.82) is 0 Å². The number of carboxylic acid groups (broad SMARTS) is 1. The normalized spacial score (nSPS) is 21.7. The molecule has 3 heterocycles. The minimum absolute atomic E-state index is 0.0490. The molecule has 0 spiro atoms. The highest BCUT2D eigenvalue weighted by atomic mass is 19.2. The quantitative estimate of drug-likeness (QED) is 0.308. The fourth-order valence-corrected chi connectivity index (χ4v) is 5.47. The van der Waals surface area contributed by atoms with Gasteiger partial charge in [0.25, 0.3) is 0 Å². The summed E-state index contributed by atoms with van der Waals surface area (Å²) in [7, 11) is 0. The Labute approximate surface area is 218 Å². The second kappa shape index (κ2) is 9.62. The van der Waals surface area contributed by atoms with Crippen LogP contribution < -0.4 is 4.74 Å². The molecule has 1 unspecified atom stereocenters. The van der Waals surface area contributed by atoms with Gasteiger partial charge in [-0.1, -0.05) is 19.9 Å². The predicted octanol–water partition coefficient (Wildman–Crippen LogP) is 6.59. The van der Waals surface area contributed by atoms with Gasteiger partial charge in [-0.25, -0.2) is 18.4 Å². The number of rotatable bonds is 6. The summed E-state index contributed by atoms with van der Waals surface area (Å²) in [5, 5.41) is 16.3. The topological polar surface area (TPSA) is 86.5 Å². The highest BCUT2D eigenvalue weighted by Gasteiger charge is 2.37. The Balaban J connectivity index is 1.56. The first-order chi connectivity index (χ1) is 18.3. The van der Waals surface area contributed by atoms with Crippen molar-refractivity contribution < 1.29 is 28.2 Å². The Morgan fingerprint density at radius 2 is 1.95 bits per heavy atom. The van der Waals surface area contributed by atoms with Crippen LogP contribution in [0.5, 0.6) is 5.88 Å². The molecule has 2 aliphatic rings. The third-order valence-corrected chi connectivity index (χ3v) is 7.62. The number of fused-ring (bicyclic) bond motifs is 2. The van der Waals surface area contributed by atoms with Gasteiger partial charge in [0, 0.05) is 22.9 Å². The van der Waals surface area contributed by atoms with E-state index in [4.69, 9.17) is 14.5 Å². The molecule has 1 aliphatic heterocycles. The molecule has 2 aromatic heterocycles. The molecule has 1 saturated carbocycles. The fraction of sp³-hybridized carbons (Fsp3) is 0.414. The number of benzene rings is 2. The van der Waals surface area contributed by atoms with Crippen LogP contribution in [0.15, 0.2) is 36.5 Å². The van der Waals surface area contributed by atoms with Crippen molar-refractivity contribution >= 4 is 27.6 Å². The standard InChI is InChI=1S/C29H29F2N3O4/c1-15(2)27-26(16-6-7-22(30)23(31)12-16)20-11-18-14-32-34(25-5-3-4-8-37-25)24(18)13-21(20)28(33-27)38-19-9-17(10-19)29(35)36/h6-7,11-15,17,19,25H,3-5,8-10H2,1-2H3,(H,35,36)/t17-,19-,25?. The van der Waals surface area contributed by atoms with Gasteiger partial charge in [0.05, 0.1) is 23.3 Å². The molecule has 4 aromatic rings. The van der Waals surface area contributed by atoms with Crippen LogP contribution in [0.1, 0.15) is 63.8 Å². The minimum Gasteiger partial charge on any atom is -0.481 e. The number of hydrogen-bond donors (Lipinski definition) is 1. The zero-order valence-electron chi connectivity index (χ0n) is 21.3. The van der Waals surface area contributed by atoms with E-state index >= 15 is 0 Å². The third kappa shape index (κ3) is 4.28. The van der Waals surface area contributed by atoms with Crippen LogP contribution in [-0.4, -0.2) is 38.6 Å². The van der Waals surface area contributed by atoms with Crippen LogP contribution in [0, 0.1) is 17.6 Å². The number of aromatic nitrogens is 3. The van der Waals surface area contributed by atoms with Crippen LogP contribution >= 0.6 is 0 Å². The molecule has 1 N–H and O–H groups in total. The Bertz CT molecular complexity index is 1540. The second-order valence-corrected chi connectivity index (χ2v) is 10.6. The van der Waals surface area contributed by atoms with E-state index in [1.165, 1.54) is 6.07 Å². The molecule has 2 aromatic carbocycles. The third-order valence-electron chi connectivity index (χ3n) is 7.62. The number of pyridine rings is 1. The maximum Gasteiger partial charge on any atom is 0.306 e.